The molecule has 24 heavy (non-hydrogen) atoms. The molecular formula is C15H15F6NO2. The van der Waals surface area contributed by atoms with Crippen LogP contribution in [0.5, 0.6) is 5.75 Å². The van der Waals surface area contributed by atoms with Gasteiger partial charge in [-0.05, 0) is 30.5 Å². The smallest absolute Gasteiger partial charge is 0.404 e. The van der Waals surface area contributed by atoms with E-state index in [4.69, 9.17) is 0 Å². The number of rotatable bonds is 2. The third-order valence-corrected chi connectivity index (χ3v) is 4.34. The van der Waals surface area contributed by atoms with E-state index in [0.29, 0.717) is 16.0 Å². The van der Waals surface area contributed by atoms with E-state index in [1.165, 1.54) is 18.2 Å². The number of nitrogens with zero attached hydrogens (tertiary/aromatic N) is 1. The van der Waals surface area contributed by atoms with Gasteiger partial charge < -0.3 is 10.0 Å². The van der Waals surface area contributed by atoms with Crippen molar-refractivity contribution in [2.45, 2.75) is 32.1 Å². The maximum Gasteiger partial charge on any atom is 0.404 e. The lowest BCUT2D eigenvalue weighted by molar-refractivity contribution is -0.334. The van der Waals surface area contributed by atoms with Crippen LogP contribution in [0, 0.1) is 12.3 Å². The molecule has 0 bridgehead atoms. The Morgan fingerprint density at radius 3 is 2.25 bits per heavy atom. The molecule has 2 rings (SSSR count). The highest BCUT2D eigenvalue weighted by Crippen LogP contribution is 2.55. The summed E-state index contributed by atoms with van der Waals surface area (Å²) in [4.78, 5) is 12.6. The lowest BCUT2D eigenvalue weighted by Gasteiger charge is -2.33. The van der Waals surface area contributed by atoms with E-state index in [-0.39, 0.29) is 12.2 Å². The quantitative estimate of drug-likeness (QED) is 0.824. The number of likely N-dealkylation sites (tertiary alicyclic amines) is 1. The first-order valence-corrected chi connectivity index (χ1v) is 7.07. The molecule has 3 nitrogen and oxygen atoms in total. The van der Waals surface area contributed by atoms with Gasteiger partial charge in [0, 0.05) is 13.1 Å². The molecule has 1 aromatic rings. The van der Waals surface area contributed by atoms with Crippen LogP contribution in [0.3, 0.4) is 0 Å². The second-order valence-corrected chi connectivity index (χ2v) is 5.94. The molecule has 0 saturated carbocycles. The second-order valence-electron chi connectivity index (χ2n) is 5.94. The molecule has 0 unspecified atom stereocenters. The van der Waals surface area contributed by atoms with Gasteiger partial charge in [-0.15, -0.1) is 0 Å². The van der Waals surface area contributed by atoms with Crippen molar-refractivity contribution >= 4 is 5.91 Å². The monoisotopic (exact) mass is 355 g/mol. The fourth-order valence-electron chi connectivity index (χ4n) is 2.70. The summed E-state index contributed by atoms with van der Waals surface area (Å²) in [6.07, 6.45) is -12.5. The Morgan fingerprint density at radius 2 is 1.79 bits per heavy atom. The molecule has 1 N–H and O–H groups in total. The van der Waals surface area contributed by atoms with Crippen LogP contribution in [-0.2, 0) is 11.2 Å². The van der Waals surface area contributed by atoms with E-state index in [1.54, 1.807) is 6.92 Å². The second kappa shape index (κ2) is 5.86. The molecule has 0 atom stereocenters. The first kappa shape index (κ1) is 18.4. The number of aromatic hydroxyl groups is 1. The van der Waals surface area contributed by atoms with Gasteiger partial charge in [-0.25, -0.2) is 0 Å². The van der Waals surface area contributed by atoms with Crippen LogP contribution in [-0.4, -0.2) is 41.4 Å². The highest BCUT2D eigenvalue weighted by atomic mass is 19.4. The molecule has 134 valence electrons. The third kappa shape index (κ3) is 3.16. The Morgan fingerprint density at radius 1 is 1.21 bits per heavy atom. The van der Waals surface area contributed by atoms with Gasteiger partial charge >= 0.3 is 12.4 Å². The number of benzene rings is 1. The van der Waals surface area contributed by atoms with Gasteiger partial charge in [0.1, 0.15) is 5.75 Å². The van der Waals surface area contributed by atoms with E-state index in [2.05, 4.69) is 0 Å². The van der Waals surface area contributed by atoms with Crippen molar-refractivity contribution in [3.05, 3.63) is 29.3 Å². The van der Waals surface area contributed by atoms with Crippen molar-refractivity contribution in [2.24, 2.45) is 5.41 Å². The molecule has 1 aliphatic heterocycles. The average Bonchev–Trinajstić information content (AvgIpc) is 2.89. The van der Waals surface area contributed by atoms with Gasteiger partial charge in [0.25, 0.3) is 0 Å². The predicted molar refractivity (Wildman–Crippen MR) is 72.3 cm³/mol. The molecule has 1 saturated heterocycles. The minimum atomic E-state index is -5.48. The summed E-state index contributed by atoms with van der Waals surface area (Å²) >= 11 is 0. The van der Waals surface area contributed by atoms with Gasteiger partial charge in [0.05, 0.1) is 6.42 Å². The van der Waals surface area contributed by atoms with Crippen LogP contribution in [0.2, 0.25) is 0 Å². The van der Waals surface area contributed by atoms with Crippen molar-refractivity contribution in [1.29, 1.82) is 0 Å². The zero-order valence-electron chi connectivity index (χ0n) is 12.6. The van der Waals surface area contributed by atoms with Gasteiger partial charge in [-0.2, -0.15) is 26.3 Å². The lowest BCUT2D eigenvalue weighted by atomic mass is 9.85. The maximum atomic E-state index is 13.0. The summed E-state index contributed by atoms with van der Waals surface area (Å²) in [5.74, 6) is -0.935. The van der Waals surface area contributed by atoms with Crippen LogP contribution in [0.1, 0.15) is 17.5 Å². The van der Waals surface area contributed by atoms with Crippen molar-refractivity contribution < 1.29 is 36.2 Å². The van der Waals surface area contributed by atoms with E-state index in [9.17, 15) is 36.2 Å². The maximum absolute atomic E-state index is 13.0. The molecule has 1 fully saturated rings. The first-order valence-electron chi connectivity index (χ1n) is 7.07. The highest BCUT2D eigenvalue weighted by Gasteiger charge is 2.72. The lowest BCUT2D eigenvalue weighted by Crippen LogP contribution is -2.52. The largest absolute Gasteiger partial charge is 0.508 e. The molecule has 0 radical (unpaired) electrons. The van der Waals surface area contributed by atoms with Gasteiger partial charge in [-0.3, -0.25) is 4.79 Å². The summed E-state index contributed by atoms with van der Waals surface area (Å²) in [6.45, 7) is -0.436. The third-order valence-electron chi connectivity index (χ3n) is 4.34. The Hall–Kier alpha value is -1.93. The number of hydrogen-bond donors (Lipinski definition) is 1. The summed E-state index contributed by atoms with van der Waals surface area (Å²) in [7, 11) is 0. The summed E-state index contributed by atoms with van der Waals surface area (Å²) in [5.41, 5.74) is -3.02. The molecule has 1 heterocycles. The van der Waals surface area contributed by atoms with Crippen LogP contribution in [0.25, 0.3) is 0 Å². The van der Waals surface area contributed by atoms with E-state index < -0.39 is 43.2 Å². The van der Waals surface area contributed by atoms with Crippen LogP contribution in [0.15, 0.2) is 18.2 Å². The van der Waals surface area contributed by atoms with Crippen LogP contribution in [0.4, 0.5) is 26.3 Å². The fraction of sp³-hybridized carbons (Fsp3) is 0.533. The minimum absolute atomic E-state index is 0.0957. The van der Waals surface area contributed by atoms with Crippen LogP contribution >= 0.6 is 0 Å². The SMILES string of the molecule is Cc1ccc(CC(=O)N2CCC(C(F)(F)F)(C(F)(F)F)C2)cc1O. The Kier molecular flexibility index (Phi) is 4.49. The molecule has 1 aromatic carbocycles. The van der Waals surface area contributed by atoms with Crippen LogP contribution < -0.4 is 0 Å². The first-order chi connectivity index (χ1) is 10.9. The summed E-state index contributed by atoms with van der Waals surface area (Å²) in [6, 6.07) is 4.27. The highest BCUT2D eigenvalue weighted by molar-refractivity contribution is 5.79. The Balaban J connectivity index is 2.17. The molecule has 0 aromatic heterocycles. The standard InChI is InChI=1S/C15H15F6NO2/c1-9-2-3-10(6-11(9)23)7-12(24)22-5-4-13(8-22,14(16,17)18)15(19,20)21/h2-3,6,23H,4-5,7-8H2,1H3. The number of alkyl halides is 6. The van der Waals surface area contributed by atoms with Crippen molar-refractivity contribution in [2.75, 3.05) is 13.1 Å². The molecule has 0 aliphatic carbocycles. The summed E-state index contributed by atoms with van der Waals surface area (Å²) < 4.78 is 77.9. The number of aryl methyl sites for hydroxylation is 1. The predicted octanol–water partition coefficient (Wildman–Crippen LogP) is 3.59. The normalized spacial score (nSPS) is 18.0. The number of amides is 1. The van der Waals surface area contributed by atoms with E-state index >= 15 is 0 Å². The van der Waals surface area contributed by atoms with Crippen molar-refractivity contribution in [3.63, 3.8) is 0 Å². The van der Waals surface area contributed by atoms with Gasteiger partial charge in [-0.1, -0.05) is 12.1 Å². The average molecular weight is 355 g/mol. The number of hydrogen-bond acceptors (Lipinski definition) is 2. The number of carbonyl (C=O) groups is 1. The molecule has 9 heteroatoms. The number of phenols is 1. The zero-order valence-corrected chi connectivity index (χ0v) is 12.6. The van der Waals surface area contributed by atoms with E-state index in [0.717, 1.165) is 0 Å². The minimum Gasteiger partial charge on any atom is -0.508 e. The Labute approximate surface area is 133 Å². The van der Waals surface area contributed by atoms with Gasteiger partial charge in [0.2, 0.25) is 5.91 Å². The zero-order chi connectivity index (χ0) is 18.3. The molecular weight excluding hydrogens is 340 g/mol. The fourth-order valence-corrected chi connectivity index (χ4v) is 2.70. The molecule has 1 amide bonds. The number of halogens is 6. The van der Waals surface area contributed by atoms with Crippen molar-refractivity contribution in [3.8, 4) is 5.75 Å². The number of carbonyl (C=O) groups excluding carboxylic acids is 1. The van der Waals surface area contributed by atoms with Crippen molar-refractivity contribution in [1.82, 2.24) is 4.90 Å². The topological polar surface area (TPSA) is 40.5 Å². The van der Waals surface area contributed by atoms with Gasteiger partial charge in [0.15, 0.2) is 5.41 Å². The molecule has 1 aliphatic rings. The molecule has 0 spiro atoms. The number of phenolic OH excluding ortho intramolecular Hbond substituents is 1. The van der Waals surface area contributed by atoms with E-state index in [1.807, 2.05) is 0 Å². The Bertz CT molecular complexity index is 624. The summed E-state index contributed by atoms with van der Waals surface area (Å²) in [5, 5.41) is 9.55.